The molecule has 1 aliphatic carbocycles. The lowest BCUT2D eigenvalue weighted by Gasteiger charge is -2.53. The van der Waals surface area contributed by atoms with Crippen molar-refractivity contribution in [3.8, 4) is 0 Å². The van der Waals surface area contributed by atoms with Crippen LogP contribution in [-0.4, -0.2) is 35.5 Å². The highest BCUT2D eigenvalue weighted by Gasteiger charge is 2.57. The predicted octanol–water partition coefficient (Wildman–Crippen LogP) is 4.69. The second kappa shape index (κ2) is 9.43. The zero-order chi connectivity index (χ0) is 27.5. The number of aliphatic hydroxyl groups is 1. The Morgan fingerprint density at radius 2 is 1.82 bits per heavy atom. The molecule has 1 saturated carbocycles. The van der Waals surface area contributed by atoms with E-state index in [-0.39, 0.29) is 48.9 Å². The first-order chi connectivity index (χ1) is 17.9. The molecule has 10 heteroatoms. The fraction of sp³-hybridized carbons (Fsp3) is 0.464. The van der Waals surface area contributed by atoms with Crippen molar-refractivity contribution in [1.82, 2.24) is 9.29 Å². The number of sulfonamides is 1. The molecular formula is C28H32F2N2O5S. The third kappa shape index (κ3) is 4.32. The first kappa shape index (κ1) is 26.8. The standard InChI is InChI=1S/C28H32F2N2O5S/c1-17-9-10-24(19-7-5-4-6-8-19)38(35,36)32(17)13-20-11-23(30)21(12-22(20)29)28(14-27(3,15-28)16-33)25-18(2)31-26(34)37-25/h4-8,11-12,17,24,33H,9-10,13-16H2,1-3H3,(H,31,34)/t17-,24?,27-,28-/m0/s1. The minimum absolute atomic E-state index is 0.0206. The van der Waals surface area contributed by atoms with Crippen molar-refractivity contribution >= 4 is 10.0 Å². The van der Waals surface area contributed by atoms with Gasteiger partial charge in [-0.05, 0) is 62.6 Å². The Balaban J connectivity index is 1.51. The van der Waals surface area contributed by atoms with Crippen LogP contribution >= 0.6 is 0 Å². The van der Waals surface area contributed by atoms with Gasteiger partial charge < -0.3 is 9.52 Å². The molecule has 0 bridgehead atoms. The van der Waals surface area contributed by atoms with Crippen LogP contribution in [0.15, 0.2) is 51.7 Å². The van der Waals surface area contributed by atoms with Gasteiger partial charge in [-0.2, -0.15) is 4.31 Å². The van der Waals surface area contributed by atoms with Crippen LogP contribution in [0, 0.1) is 24.0 Å². The second-order valence-corrected chi connectivity index (χ2v) is 13.3. The Hall–Kier alpha value is -2.82. The fourth-order valence-corrected chi connectivity index (χ4v) is 8.64. The summed E-state index contributed by atoms with van der Waals surface area (Å²) in [6.45, 7) is 4.79. The summed E-state index contributed by atoms with van der Waals surface area (Å²) in [4.78, 5) is 14.5. The summed E-state index contributed by atoms with van der Waals surface area (Å²) in [7, 11) is -3.83. The van der Waals surface area contributed by atoms with Crippen LogP contribution in [0.5, 0.6) is 0 Å². The van der Waals surface area contributed by atoms with Crippen molar-refractivity contribution in [1.29, 1.82) is 0 Å². The highest BCUT2D eigenvalue weighted by Crippen LogP contribution is 2.59. The van der Waals surface area contributed by atoms with Crippen LogP contribution in [0.2, 0.25) is 0 Å². The van der Waals surface area contributed by atoms with Crippen molar-refractivity contribution in [2.75, 3.05) is 6.61 Å². The maximum atomic E-state index is 15.8. The van der Waals surface area contributed by atoms with Crippen LogP contribution in [0.25, 0.3) is 0 Å². The lowest BCUT2D eigenvalue weighted by molar-refractivity contribution is -0.00550. The van der Waals surface area contributed by atoms with Gasteiger partial charge in [0.15, 0.2) is 0 Å². The molecule has 5 rings (SSSR count). The van der Waals surface area contributed by atoms with E-state index in [1.54, 1.807) is 38.1 Å². The average molecular weight is 547 g/mol. The largest absolute Gasteiger partial charge is 0.416 e. The second-order valence-electron chi connectivity index (χ2n) is 11.2. The molecule has 1 aromatic heterocycles. The molecule has 0 amide bonds. The molecule has 1 unspecified atom stereocenters. The number of H-pyrrole nitrogens is 1. The number of benzene rings is 2. The van der Waals surface area contributed by atoms with Crippen LogP contribution in [0.1, 0.15) is 72.9 Å². The summed E-state index contributed by atoms with van der Waals surface area (Å²) in [5, 5.41) is 9.09. The molecule has 1 saturated heterocycles. The van der Waals surface area contributed by atoms with Gasteiger partial charge in [0.1, 0.15) is 22.6 Å². The monoisotopic (exact) mass is 546 g/mol. The number of aryl methyl sites for hydroxylation is 1. The van der Waals surface area contributed by atoms with E-state index in [9.17, 15) is 18.3 Å². The number of halogens is 2. The number of hydrogen-bond donors (Lipinski definition) is 2. The summed E-state index contributed by atoms with van der Waals surface area (Å²) < 4.78 is 65.2. The smallest absolute Gasteiger partial charge is 0.412 e. The first-order valence-electron chi connectivity index (χ1n) is 12.8. The minimum Gasteiger partial charge on any atom is -0.412 e. The molecule has 2 heterocycles. The molecule has 2 aromatic carbocycles. The van der Waals surface area contributed by atoms with Gasteiger partial charge in [-0.25, -0.2) is 22.0 Å². The van der Waals surface area contributed by atoms with Crippen molar-refractivity contribution < 1.29 is 26.7 Å². The van der Waals surface area contributed by atoms with E-state index in [1.165, 1.54) is 4.31 Å². The van der Waals surface area contributed by atoms with Crippen LogP contribution in [0.4, 0.5) is 8.78 Å². The number of aromatic nitrogens is 1. The van der Waals surface area contributed by atoms with Crippen molar-refractivity contribution in [3.05, 3.63) is 92.8 Å². The third-order valence-corrected chi connectivity index (χ3v) is 10.6. The average Bonchev–Trinajstić information content (AvgIpc) is 3.19. The number of aromatic amines is 1. The normalized spacial score (nSPS) is 29.2. The minimum atomic E-state index is -3.83. The molecule has 204 valence electrons. The maximum absolute atomic E-state index is 15.8. The van der Waals surface area contributed by atoms with Gasteiger partial charge in [-0.1, -0.05) is 37.3 Å². The van der Waals surface area contributed by atoms with E-state index in [1.807, 2.05) is 13.0 Å². The number of hydrogen-bond acceptors (Lipinski definition) is 5. The fourth-order valence-electron chi connectivity index (χ4n) is 6.45. The van der Waals surface area contributed by atoms with Gasteiger partial charge in [0.2, 0.25) is 10.0 Å². The first-order valence-corrected chi connectivity index (χ1v) is 14.3. The number of aliphatic hydroxyl groups excluding tert-OH is 1. The highest BCUT2D eigenvalue weighted by atomic mass is 32.2. The molecule has 0 radical (unpaired) electrons. The van der Waals surface area contributed by atoms with Crippen molar-refractivity contribution in [2.45, 2.75) is 69.7 Å². The lowest BCUT2D eigenvalue weighted by Crippen LogP contribution is -2.51. The summed E-state index contributed by atoms with van der Waals surface area (Å²) in [6, 6.07) is 10.7. The van der Waals surface area contributed by atoms with E-state index >= 15 is 8.78 Å². The molecule has 2 aliphatic rings. The number of rotatable bonds is 6. The molecule has 3 aromatic rings. The summed E-state index contributed by atoms with van der Waals surface area (Å²) in [5.41, 5.74) is -0.636. The van der Waals surface area contributed by atoms with Crippen molar-refractivity contribution in [3.63, 3.8) is 0 Å². The van der Waals surface area contributed by atoms with E-state index in [0.29, 0.717) is 24.1 Å². The number of nitrogens with zero attached hydrogens (tertiary/aromatic N) is 1. The van der Waals surface area contributed by atoms with Crippen LogP contribution in [0.3, 0.4) is 0 Å². The maximum Gasteiger partial charge on any atom is 0.416 e. The molecular weight excluding hydrogens is 514 g/mol. The molecule has 0 spiro atoms. The Morgan fingerprint density at radius 1 is 1.13 bits per heavy atom. The molecule has 2 N–H and O–H groups in total. The molecule has 38 heavy (non-hydrogen) atoms. The quantitative estimate of drug-likeness (QED) is 0.467. The summed E-state index contributed by atoms with van der Waals surface area (Å²) in [6.07, 6.45) is 1.55. The van der Waals surface area contributed by atoms with Crippen LogP contribution < -0.4 is 5.76 Å². The molecule has 1 aliphatic heterocycles. The number of nitrogens with one attached hydrogen (secondary N) is 1. The Morgan fingerprint density at radius 3 is 2.42 bits per heavy atom. The predicted molar refractivity (Wildman–Crippen MR) is 138 cm³/mol. The van der Waals surface area contributed by atoms with E-state index < -0.39 is 43.5 Å². The Bertz CT molecular complexity index is 1510. The van der Waals surface area contributed by atoms with Gasteiger partial charge >= 0.3 is 5.76 Å². The van der Waals surface area contributed by atoms with E-state index in [2.05, 4.69) is 4.98 Å². The lowest BCUT2D eigenvalue weighted by atomic mass is 9.50. The Kier molecular flexibility index (Phi) is 6.64. The van der Waals surface area contributed by atoms with Gasteiger partial charge in [-0.15, -0.1) is 0 Å². The van der Waals surface area contributed by atoms with Crippen molar-refractivity contribution in [2.24, 2.45) is 5.41 Å². The van der Waals surface area contributed by atoms with Gasteiger partial charge in [0.05, 0.1) is 11.1 Å². The van der Waals surface area contributed by atoms with Gasteiger partial charge in [-0.3, -0.25) is 4.98 Å². The topological polar surface area (TPSA) is 104 Å². The number of oxazole rings is 1. The van der Waals surface area contributed by atoms with Gasteiger partial charge in [0.25, 0.3) is 0 Å². The Labute approximate surface area is 220 Å². The molecule has 2 atom stereocenters. The third-order valence-electron chi connectivity index (χ3n) is 8.27. The zero-order valence-electron chi connectivity index (χ0n) is 21.6. The summed E-state index contributed by atoms with van der Waals surface area (Å²) in [5.74, 6) is -1.92. The highest BCUT2D eigenvalue weighted by molar-refractivity contribution is 7.89. The molecule has 7 nitrogen and oxygen atoms in total. The SMILES string of the molecule is Cc1[nH]c(=O)oc1[C@]1(c2cc(F)c(CN3[C@@H](C)CCC(c4ccccc4)S3(=O)=O)cc2F)C[C@@](C)(CO)C1. The van der Waals surface area contributed by atoms with E-state index in [0.717, 1.165) is 12.1 Å². The van der Waals surface area contributed by atoms with Gasteiger partial charge in [0, 0.05) is 30.3 Å². The summed E-state index contributed by atoms with van der Waals surface area (Å²) >= 11 is 0. The van der Waals surface area contributed by atoms with E-state index in [4.69, 9.17) is 4.42 Å². The zero-order valence-corrected chi connectivity index (χ0v) is 22.4. The molecule has 2 fully saturated rings. The van der Waals surface area contributed by atoms with Crippen LogP contribution in [-0.2, 0) is 22.0 Å².